The highest BCUT2D eigenvalue weighted by molar-refractivity contribution is 6.25. The zero-order valence-corrected chi connectivity index (χ0v) is 5.89. The third-order valence-corrected chi connectivity index (χ3v) is 1.28. The van der Waals surface area contributed by atoms with E-state index in [1.807, 2.05) is 6.92 Å². The average molecular weight is 135 g/mol. The summed E-state index contributed by atoms with van der Waals surface area (Å²) in [5, 5.41) is 8.84. The summed E-state index contributed by atoms with van der Waals surface area (Å²) < 4.78 is 0. The molecule has 0 saturated carbocycles. The Morgan fingerprint density at radius 3 is 2.12 bits per heavy atom. The van der Waals surface area contributed by atoms with Gasteiger partial charge in [-0.1, -0.05) is 24.6 Å². The van der Waals surface area contributed by atoms with Crippen LogP contribution in [0.1, 0.15) is 13.8 Å². The van der Waals surface area contributed by atoms with Crippen molar-refractivity contribution in [3.8, 4) is 0 Å². The molecular formula is C6H11ClO. The zero-order valence-electron chi connectivity index (χ0n) is 5.13. The van der Waals surface area contributed by atoms with Gasteiger partial charge in [-0.25, -0.2) is 0 Å². The molecule has 8 heavy (non-hydrogen) atoms. The highest BCUT2D eigenvalue weighted by Crippen LogP contribution is 2.03. The molecule has 2 atom stereocenters. The van der Waals surface area contributed by atoms with Crippen LogP contribution >= 0.6 is 11.6 Å². The van der Waals surface area contributed by atoms with Gasteiger partial charge in [0.25, 0.3) is 0 Å². The monoisotopic (exact) mass is 134 g/mol. The number of aliphatic hydroxyl groups is 1. The molecule has 0 saturated heterocycles. The normalized spacial score (nSPS) is 19.0. The molecule has 0 spiro atoms. The first-order valence-electron chi connectivity index (χ1n) is 2.63. The molecular weight excluding hydrogens is 124 g/mol. The third kappa shape index (κ3) is 3.05. The third-order valence-electron chi connectivity index (χ3n) is 1.14. The molecule has 0 aromatic heterocycles. The van der Waals surface area contributed by atoms with E-state index in [1.54, 1.807) is 13.0 Å². The highest BCUT2D eigenvalue weighted by atomic mass is 35.5. The molecule has 0 fully saturated rings. The second-order valence-electron chi connectivity index (χ2n) is 1.92. The van der Waals surface area contributed by atoms with Crippen LogP contribution in [-0.4, -0.2) is 11.2 Å². The Kier molecular flexibility index (Phi) is 3.92. The smallest absolute Gasteiger partial charge is 0.0572 e. The second-order valence-corrected chi connectivity index (χ2v) is 2.17. The minimum atomic E-state index is -0.301. The van der Waals surface area contributed by atoms with Crippen molar-refractivity contribution in [3.05, 3.63) is 11.6 Å². The van der Waals surface area contributed by atoms with Crippen LogP contribution in [-0.2, 0) is 0 Å². The van der Waals surface area contributed by atoms with Crippen LogP contribution in [0.15, 0.2) is 11.6 Å². The zero-order chi connectivity index (χ0) is 6.57. The molecule has 1 N–H and O–H groups in total. The Hall–Kier alpha value is -0.0100. The number of rotatable bonds is 2. The Balaban J connectivity index is 3.47. The summed E-state index contributed by atoms with van der Waals surface area (Å²) in [5.41, 5.74) is 1.43. The van der Waals surface area contributed by atoms with E-state index in [1.165, 1.54) is 5.54 Å². The van der Waals surface area contributed by atoms with Crippen molar-refractivity contribution in [3.63, 3.8) is 0 Å². The summed E-state index contributed by atoms with van der Waals surface area (Å²) in [5.74, 6) is 0.160. The lowest BCUT2D eigenvalue weighted by molar-refractivity contribution is 0.157. The molecule has 0 aliphatic carbocycles. The van der Waals surface area contributed by atoms with E-state index < -0.39 is 0 Å². The molecule has 1 nitrogen and oxygen atoms in total. The van der Waals surface area contributed by atoms with Crippen molar-refractivity contribution < 1.29 is 5.11 Å². The number of aliphatic hydroxyl groups excluding tert-OH is 1. The van der Waals surface area contributed by atoms with Gasteiger partial charge in [-0.2, -0.15) is 0 Å². The van der Waals surface area contributed by atoms with Crippen molar-refractivity contribution in [2.45, 2.75) is 20.0 Å². The van der Waals surface area contributed by atoms with E-state index in [4.69, 9.17) is 16.7 Å². The first-order valence-corrected chi connectivity index (χ1v) is 3.07. The van der Waals surface area contributed by atoms with Crippen molar-refractivity contribution in [1.29, 1.82) is 0 Å². The van der Waals surface area contributed by atoms with Crippen LogP contribution in [0.2, 0.25) is 0 Å². The number of halogens is 1. The van der Waals surface area contributed by atoms with Gasteiger partial charge in [0.2, 0.25) is 0 Å². The maximum absolute atomic E-state index is 8.84. The minimum Gasteiger partial charge on any atom is -0.393 e. The topological polar surface area (TPSA) is 20.2 Å². The van der Waals surface area contributed by atoms with Crippen LogP contribution < -0.4 is 0 Å². The van der Waals surface area contributed by atoms with Gasteiger partial charge in [-0.15, -0.1) is 0 Å². The van der Waals surface area contributed by atoms with Crippen molar-refractivity contribution in [1.82, 2.24) is 0 Å². The first kappa shape index (κ1) is 7.99. The number of hydrogen-bond donors (Lipinski definition) is 1. The summed E-state index contributed by atoms with van der Waals surface area (Å²) in [6.07, 6.45) is 1.46. The van der Waals surface area contributed by atoms with Gasteiger partial charge >= 0.3 is 0 Å². The first-order chi connectivity index (χ1) is 3.68. The number of hydrogen-bond acceptors (Lipinski definition) is 1. The highest BCUT2D eigenvalue weighted by Gasteiger charge is 2.01. The average Bonchev–Trinajstić information content (AvgIpc) is 1.67. The van der Waals surface area contributed by atoms with E-state index >= 15 is 0 Å². The molecule has 0 rings (SSSR count). The van der Waals surface area contributed by atoms with Gasteiger partial charge in [-0.3, -0.25) is 0 Å². The molecule has 0 aromatic carbocycles. The summed E-state index contributed by atoms with van der Waals surface area (Å²) in [4.78, 5) is 0. The van der Waals surface area contributed by atoms with Crippen LogP contribution in [0.5, 0.6) is 0 Å². The van der Waals surface area contributed by atoms with Crippen LogP contribution in [0.4, 0.5) is 0 Å². The van der Waals surface area contributed by atoms with Gasteiger partial charge < -0.3 is 5.11 Å². The van der Waals surface area contributed by atoms with Crippen LogP contribution in [0.25, 0.3) is 0 Å². The SMILES string of the molecule is C[C@H](/C=C\Cl)[C@@H](C)O. The van der Waals surface area contributed by atoms with Crippen molar-refractivity contribution >= 4 is 11.6 Å². The molecule has 0 aliphatic heterocycles. The lowest BCUT2D eigenvalue weighted by atomic mass is 10.1. The van der Waals surface area contributed by atoms with Gasteiger partial charge in [0.1, 0.15) is 0 Å². The van der Waals surface area contributed by atoms with Crippen molar-refractivity contribution in [2.75, 3.05) is 0 Å². The Morgan fingerprint density at radius 2 is 2.00 bits per heavy atom. The Bertz CT molecular complexity index is 78.6. The van der Waals surface area contributed by atoms with Crippen LogP contribution in [0.3, 0.4) is 0 Å². The minimum absolute atomic E-state index is 0.160. The Morgan fingerprint density at radius 1 is 1.50 bits per heavy atom. The molecule has 2 heteroatoms. The molecule has 0 amide bonds. The van der Waals surface area contributed by atoms with Crippen molar-refractivity contribution in [2.24, 2.45) is 5.92 Å². The van der Waals surface area contributed by atoms with E-state index in [2.05, 4.69) is 0 Å². The Labute approximate surface area is 55.0 Å². The molecule has 0 heterocycles. The molecule has 0 aromatic rings. The summed E-state index contributed by atoms with van der Waals surface area (Å²) >= 11 is 5.25. The lowest BCUT2D eigenvalue weighted by Gasteiger charge is -2.06. The predicted molar refractivity (Wildman–Crippen MR) is 35.8 cm³/mol. The fourth-order valence-corrected chi connectivity index (χ4v) is 0.505. The maximum Gasteiger partial charge on any atom is 0.0572 e. The molecule has 0 aliphatic rings. The molecule has 0 bridgehead atoms. The summed E-state index contributed by atoms with van der Waals surface area (Å²) in [6, 6.07) is 0. The van der Waals surface area contributed by atoms with Gasteiger partial charge in [-0.05, 0) is 6.92 Å². The molecule has 0 unspecified atom stereocenters. The van der Waals surface area contributed by atoms with Gasteiger partial charge in [0.15, 0.2) is 0 Å². The van der Waals surface area contributed by atoms with E-state index in [0.29, 0.717) is 0 Å². The van der Waals surface area contributed by atoms with E-state index in [0.717, 1.165) is 0 Å². The lowest BCUT2D eigenvalue weighted by Crippen LogP contribution is -2.09. The molecule has 48 valence electrons. The fourth-order valence-electron chi connectivity index (χ4n) is 0.276. The van der Waals surface area contributed by atoms with Gasteiger partial charge in [0, 0.05) is 11.5 Å². The largest absolute Gasteiger partial charge is 0.393 e. The van der Waals surface area contributed by atoms with E-state index in [-0.39, 0.29) is 12.0 Å². The quantitative estimate of drug-likeness (QED) is 0.610. The standard InChI is InChI=1S/C6H11ClO/c1-5(3-4-7)6(2)8/h3-6,8H,1-2H3/b4-3-/t5-,6-/m1/s1. The maximum atomic E-state index is 8.84. The molecule has 0 radical (unpaired) electrons. The second kappa shape index (κ2) is 3.93. The van der Waals surface area contributed by atoms with E-state index in [9.17, 15) is 0 Å². The van der Waals surface area contributed by atoms with Crippen LogP contribution in [0, 0.1) is 5.92 Å². The predicted octanol–water partition coefficient (Wildman–Crippen LogP) is 1.76. The van der Waals surface area contributed by atoms with Gasteiger partial charge in [0.05, 0.1) is 6.10 Å². The fraction of sp³-hybridized carbons (Fsp3) is 0.667. The summed E-state index contributed by atoms with van der Waals surface area (Å²) in [6.45, 7) is 3.64. The summed E-state index contributed by atoms with van der Waals surface area (Å²) in [7, 11) is 0.